The van der Waals surface area contributed by atoms with Crippen molar-refractivity contribution < 1.29 is 10.2 Å². The van der Waals surface area contributed by atoms with Gasteiger partial charge in [0.25, 0.3) is 0 Å². The number of aliphatic hydroxyl groups is 2. The molecule has 0 aromatic carbocycles. The predicted molar refractivity (Wildman–Crippen MR) is 62.9 cm³/mol. The normalized spacial score (nSPS) is 11.1. The summed E-state index contributed by atoms with van der Waals surface area (Å²) in [5.41, 5.74) is 2.27. The van der Waals surface area contributed by atoms with Crippen LogP contribution in [0.15, 0.2) is 12.1 Å². The Bertz CT molecular complexity index is 310. The van der Waals surface area contributed by atoms with E-state index in [0.717, 1.165) is 24.9 Å². The summed E-state index contributed by atoms with van der Waals surface area (Å²) in [4.78, 5) is 4.08. The summed E-state index contributed by atoms with van der Waals surface area (Å²) in [5, 5.41) is 18.0. The van der Waals surface area contributed by atoms with Crippen molar-refractivity contribution in [2.24, 2.45) is 0 Å². The number of halogens is 1. The van der Waals surface area contributed by atoms with Crippen molar-refractivity contribution in [3.63, 3.8) is 0 Å². The molecule has 1 rings (SSSR count). The molecule has 0 amide bonds. The summed E-state index contributed by atoms with van der Waals surface area (Å²) in [6.07, 6.45) is 1.79. The molecule has 1 aromatic heterocycles. The fourth-order valence-corrected chi connectivity index (χ4v) is 1.65. The standard InChI is InChI=1S/C11H17ClN2O2/c1-14(12)4-2-3-9-5-10(7-15)13-11(6-9)8-16/h5-6,15-16H,2-4,7-8H2,1H3. The highest BCUT2D eigenvalue weighted by Gasteiger charge is 2.02. The molecule has 0 saturated heterocycles. The van der Waals surface area contributed by atoms with Crippen molar-refractivity contribution in [1.82, 2.24) is 9.40 Å². The molecule has 0 aliphatic rings. The average molecular weight is 245 g/mol. The maximum absolute atomic E-state index is 9.02. The fraction of sp³-hybridized carbons (Fsp3) is 0.545. The fourth-order valence-electron chi connectivity index (χ4n) is 1.53. The van der Waals surface area contributed by atoms with Gasteiger partial charge in [0.05, 0.1) is 24.6 Å². The molecule has 0 radical (unpaired) electrons. The Hall–Kier alpha value is -0.680. The monoisotopic (exact) mass is 244 g/mol. The van der Waals surface area contributed by atoms with E-state index in [2.05, 4.69) is 4.98 Å². The molecule has 16 heavy (non-hydrogen) atoms. The highest BCUT2D eigenvalue weighted by Crippen LogP contribution is 2.09. The summed E-state index contributed by atoms with van der Waals surface area (Å²) < 4.78 is 1.61. The van der Waals surface area contributed by atoms with E-state index in [1.54, 1.807) is 4.42 Å². The van der Waals surface area contributed by atoms with Crippen LogP contribution in [0.3, 0.4) is 0 Å². The van der Waals surface area contributed by atoms with Gasteiger partial charge in [-0.05, 0) is 42.3 Å². The number of pyridine rings is 1. The van der Waals surface area contributed by atoms with Gasteiger partial charge in [0.2, 0.25) is 0 Å². The molecule has 0 bridgehead atoms. The predicted octanol–water partition coefficient (Wildman–Crippen LogP) is 1.08. The largest absolute Gasteiger partial charge is 0.390 e. The third-order valence-corrected chi connectivity index (χ3v) is 2.42. The topological polar surface area (TPSA) is 56.6 Å². The van der Waals surface area contributed by atoms with Gasteiger partial charge in [-0.3, -0.25) is 4.98 Å². The van der Waals surface area contributed by atoms with Gasteiger partial charge < -0.3 is 10.2 Å². The zero-order valence-corrected chi connectivity index (χ0v) is 10.1. The first-order chi connectivity index (χ1) is 7.65. The smallest absolute Gasteiger partial charge is 0.0853 e. The number of hydrogen-bond acceptors (Lipinski definition) is 4. The molecule has 5 heteroatoms. The lowest BCUT2D eigenvalue weighted by Gasteiger charge is -2.08. The van der Waals surface area contributed by atoms with Gasteiger partial charge in [0.15, 0.2) is 0 Å². The first kappa shape index (κ1) is 13.4. The van der Waals surface area contributed by atoms with Crippen molar-refractivity contribution >= 4 is 11.8 Å². The number of aliphatic hydroxyl groups excluding tert-OH is 2. The summed E-state index contributed by atoms with van der Waals surface area (Å²) >= 11 is 5.70. The van der Waals surface area contributed by atoms with Gasteiger partial charge >= 0.3 is 0 Å². The van der Waals surface area contributed by atoms with Crippen LogP contribution in [0.1, 0.15) is 23.4 Å². The third-order valence-electron chi connectivity index (χ3n) is 2.25. The molecule has 0 fully saturated rings. The zero-order chi connectivity index (χ0) is 12.0. The summed E-state index contributed by atoms with van der Waals surface area (Å²) in [7, 11) is 1.81. The van der Waals surface area contributed by atoms with Gasteiger partial charge in [-0.25, -0.2) is 4.42 Å². The first-order valence-electron chi connectivity index (χ1n) is 5.23. The molecule has 2 N–H and O–H groups in total. The number of rotatable bonds is 6. The Morgan fingerprint density at radius 2 is 1.81 bits per heavy atom. The number of hydrogen-bond donors (Lipinski definition) is 2. The summed E-state index contributed by atoms with van der Waals surface area (Å²) in [6.45, 7) is 0.597. The van der Waals surface area contributed by atoms with E-state index in [-0.39, 0.29) is 13.2 Å². The van der Waals surface area contributed by atoms with Gasteiger partial charge in [-0.15, -0.1) is 0 Å². The van der Waals surface area contributed by atoms with E-state index in [1.807, 2.05) is 19.2 Å². The number of aryl methyl sites for hydroxylation is 1. The van der Waals surface area contributed by atoms with Crippen molar-refractivity contribution in [1.29, 1.82) is 0 Å². The van der Waals surface area contributed by atoms with Crippen LogP contribution >= 0.6 is 11.8 Å². The van der Waals surface area contributed by atoms with Crippen molar-refractivity contribution in [3.05, 3.63) is 29.1 Å². The lowest BCUT2D eigenvalue weighted by atomic mass is 10.1. The van der Waals surface area contributed by atoms with Crippen LogP contribution in [-0.2, 0) is 19.6 Å². The summed E-state index contributed by atoms with van der Waals surface area (Å²) in [5.74, 6) is 0. The SMILES string of the molecule is CN(Cl)CCCc1cc(CO)nc(CO)c1. The van der Waals surface area contributed by atoms with Crippen molar-refractivity contribution in [3.8, 4) is 0 Å². The highest BCUT2D eigenvalue weighted by molar-refractivity contribution is 6.13. The Labute approximate surface area is 101 Å². The zero-order valence-electron chi connectivity index (χ0n) is 9.36. The third kappa shape index (κ3) is 4.45. The quantitative estimate of drug-likeness (QED) is 0.736. The van der Waals surface area contributed by atoms with E-state index in [1.165, 1.54) is 0 Å². The van der Waals surface area contributed by atoms with Crippen LogP contribution in [-0.4, -0.2) is 33.2 Å². The molecule has 4 nitrogen and oxygen atoms in total. The number of nitrogens with zero attached hydrogens (tertiary/aromatic N) is 2. The minimum Gasteiger partial charge on any atom is -0.390 e. The molecule has 0 aliphatic heterocycles. The minimum atomic E-state index is -0.101. The summed E-state index contributed by atoms with van der Waals surface area (Å²) in [6, 6.07) is 3.71. The molecule has 0 atom stereocenters. The van der Waals surface area contributed by atoms with E-state index in [0.29, 0.717) is 11.4 Å². The molecule has 0 aliphatic carbocycles. The van der Waals surface area contributed by atoms with Crippen molar-refractivity contribution in [2.45, 2.75) is 26.1 Å². The van der Waals surface area contributed by atoms with Crippen LogP contribution < -0.4 is 0 Å². The van der Waals surface area contributed by atoms with E-state index in [9.17, 15) is 0 Å². The van der Waals surface area contributed by atoms with Crippen molar-refractivity contribution in [2.75, 3.05) is 13.6 Å². The van der Waals surface area contributed by atoms with Gasteiger partial charge in [-0.2, -0.15) is 0 Å². The molecule has 0 spiro atoms. The second kappa shape index (κ2) is 6.81. The maximum atomic E-state index is 9.02. The molecular formula is C11H17ClN2O2. The second-order valence-corrected chi connectivity index (χ2v) is 4.28. The second-order valence-electron chi connectivity index (χ2n) is 3.71. The lowest BCUT2D eigenvalue weighted by Crippen LogP contribution is -2.08. The Morgan fingerprint density at radius 1 is 1.25 bits per heavy atom. The van der Waals surface area contributed by atoms with Crippen LogP contribution in [0.25, 0.3) is 0 Å². The molecular weight excluding hydrogens is 228 g/mol. The highest BCUT2D eigenvalue weighted by atomic mass is 35.5. The molecule has 90 valence electrons. The van der Waals surface area contributed by atoms with Crippen LogP contribution in [0.4, 0.5) is 0 Å². The average Bonchev–Trinajstić information content (AvgIpc) is 2.28. The van der Waals surface area contributed by atoms with Crippen LogP contribution in [0.2, 0.25) is 0 Å². The van der Waals surface area contributed by atoms with E-state index in [4.69, 9.17) is 22.0 Å². The Kier molecular flexibility index (Phi) is 5.69. The maximum Gasteiger partial charge on any atom is 0.0853 e. The molecule has 1 aromatic rings. The number of aromatic nitrogens is 1. The minimum absolute atomic E-state index is 0.101. The molecule has 0 unspecified atom stereocenters. The Balaban J connectivity index is 2.64. The van der Waals surface area contributed by atoms with Gasteiger partial charge in [0, 0.05) is 13.6 Å². The Morgan fingerprint density at radius 3 is 2.25 bits per heavy atom. The van der Waals surface area contributed by atoms with E-state index >= 15 is 0 Å². The molecule has 1 heterocycles. The van der Waals surface area contributed by atoms with Gasteiger partial charge in [0.1, 0.15) is 0 Å². The lowest BCUT2D eigenvalue weighted by molar-refractivity contribution is 0.265. The first-order valence-corrected chi connectivity index (χ1v) is 5.57. The molecule has 0 saturated carbocycles. The van der Waals surface area contributed by atoms with Crippen LogP contribution in [0.5, 0.6) is 0 Å². The van der Waals surface area contributed by atoms with E-state index < -0.39 is 0 Å². The van der Waals surface area contributed by atoms with Crippen LogP contribution in [0, 0.1) is 0 Å². The van der Waals surface area contributed by atoms with Gasteiger partial charge in [-0.1, -0.05) is 0 Å².